The van der Waals surface area contributed by atoms with Gasteiger partial charge in [-0.2, -0.15) is 13.2 Å². The molecule has 4 heteroatoms. The van der Waals surface area contributed by atoms with Crippen LogP contribution in [0.3, 0.4) is 0 Å². The van der Waals surface area contributed by atoms with Crippen molar-refractivity contribution in [2.45, 2.75) is 38.5 Å². The zero-order chi connectivity index (χ0) is 17.1. The van der Waals surface area contributed by atoms with Crippen LogP contribution in [0.1, 0.15) is 37.0 Å². The van der Waals surface area contributed by atoms with E-state index in [4.69, 9.17) is 0 Å². The Morgan fingerprint density at radius 2 is 1.43 bits per heavy atom. The van der Waals surface area contributed by atoms with Crippen molar-refractivity contribution in [2.24, 2.45) is 5.92 Å². The molecule has 0 saturated carbocycles. The minimum absolute atomic E-state index is 0.0838. The van der Waals surface area contributed by atoms with Gasteiger partial charge >= 0.3 is 6.18 Å². The lowest BCUT2D eigenvalue weighted by Crippen LogP contribution is -2.30. The second-order valence-electron chi connectivity index (χ2n) is 6.15. The van der Waals surface area contributed by atoms with Gasteiger partial charge in [-0.05, 0) is 48.9 Å². The second kappa shape index (κ2) is 6.75. The molecule has 2 atom stereocenters. The van der Waals surface area contributed by atoms with E-state index in [0.717, 1.165) is 25.0 Å². The molecule has 2 rings (SSSR count). The van der Waals surface area contributed by atoms with Crippen molar-refractivity contribution in [1.82, 2.24) is 0 Å². The third-order valence-corrected chi connectivity index (χ3v) is 4.47. The average Bonchev–Trinajstić information content (AvgIpc) is 2.52. The van der Waals surface area contributed by atoms with Crippen molar-refractivity contribution >= 4 is 0 Å². The molecule has 1 N–H and O–H groups in total. The van der Waals surface area contributed by atoms with E-state index in [-0.39, 0.29) is 5.92 Å². The van der Waals surface area contributed by atoms with Gasteiger partial charge in [0.2, 0.25) is 0 Å². The minimum atomic E-state index is -4.36. The molecule has 124 valence electrons. The van der Waals surface area contributed by atoms with E-state index in [1.807, 2.05) is 37.3 Å². The number of alkyl halides is 3. The molecular formula is C19H21F3O. The molecule has 0 spiro atoms. The molecule has 0 aliphatic carbocycles. The fourth-order valence-electron chi connectivity index (χ4n) is 2.59. The van der Waals surface area contributed by atoms with E-state index >= 15 is 0 Å². The number of hydrogen-bond acceptors (Lipinski definition) is 1. The van der Waals surface area contributed by atoms with Crippen molar-refractivity contribution in [3.05, 3.63) is 71.3 Å². The van der Waals surface area contributed by atoms with Crippen LogP contribution in [0.15, 0.2) is 54.6 Å². The van der Waals surface area contributed by atoms with Gasteiger partial charge in [0.15, 0.2) is 0 Å². The maximum Gasteiger partial charge on any atom is 0.416 e. The molecule has 0 aliphatic rings. The minimum Gasteiger partial charge on any atom is -0.385 e. The molecule has 2 aromatic rings. The van der Waals surface area contributed by atoms with Gasteiger partial charge < -0.3 is 5.11 Å². The van der Waals surface area contributed by atoms with Gasteiger partial charge in [0.05, 0.1) is 11.2 Å². The molecule has 0 amide bonds. The maximum atomic E-state index is 12.6. The summed E-state index contributed by atoms with van der Waals surface area (Å²) in [4.78, 5) is 0. The van der Waals surface area contributed by atoms with Crippen LogP contribution >= 0.6 is 0 Å². The first-order valence-corrected chi connectivity index (χ1v) is 7.65. The van der Waals surface area contributed by atoms with Gasteiger partial charge in [-0.1, -0.05) is 49.4 Å². The lowest BCUT2D eigenvalue weighted by atomic mass is 9.80. The van der Waals surface area contributed by atoms with Crippen molar-refractivity contribution in [1.29, 1.82) is 0 Å². The molecule has 0 unspecified atom stereocenters. The van der Waals surface area contributed by atoms with Gasteiger partial charge in [0, 0.05) is 0 Å². The standard InChI is InChI=1S/C19H21F3O/c1-14(8-9-15-6-4-3-5-7-15)18(2,23)16-10-12-17(13-11-16)19(20,21)22/h3-7,10-14,23H,8-9H2,1-2H3/t14-,18+/m0/s1. The molecule has 1 nitrogen and oxygen atoms in total. The topological polar surface area (TPSA) is 20.2 Å². The van der Waals surface area contributed by atoms with Crippen molar-refractivity contribution in [2.75, 3.05) is 0 Å². The quantitative estimate of drug-likeness (QED) is 0.804. The Labute approximate surface area is 134 Å². The zero-order valence-corrected chi connectivity index (χ0v) is 13.3. The van der Waals surface area contributed by atoms with E-state index < -0.39 is 17.3 Å². The Balaban J connectivity index is 2.07. The van der Waals surface area contributed by atoms with Gasteiger partial charge in [0.1, 0.15) is 0 Å². The first-order chi connectivity index (χ1) is 10.7. The van der Waals surface area contributed by atoms with E-state index in [9.17, 15) is 18.3 Å². The highest BCUT2D eigenvalue weighted by Gasteiger charge is 2.33. The molecule has 0 heterocycles. The number of halogens is 3. The van der Waals surface area contributed by atoms with Crippen molar-refractivity contribution in [3.63, 3.8) is 0 Å². The highest BCUT2D eigenvalue weighted by Crippen LogP contribution is 2.35. The molecule has 0 radical (unpaired) electrons. The van der Waals surface area contributed by atoms with E-state index in [0.29, 0.717) is 5.56 Å². The molecule has 0 aromatic heterocycles. The van der Waals surface area contributed by atoms with Crippen molar-refractivity contribution < 1.29 is 18.3 Å². The summed E-state index contributed by atoms with van der Waals surface area (Å²) in [5.74, 6) is -0.0838. The summed E-state index contributed by atoms with van der Waals surface area (Å²) in [5, 5.41) is 10.7. The van der Waals surface area contributed by atoms with Crippen LogP contribution in [-0.4, -0.2) is 5.11 Å². The van der Waals surface area contributed by atoms with Crippen LogP contribution in [0.2, 0.25) is 0 Å². The van der Waals surface area contributed by atoms with Gasteiger partial charge in [-0.15, -0.1) is 0 Å². The van der Waals surface area contributed by atoms with Crippen LogP contribution in [0.4, 0.5) is 13.2 Å². The fourth-order valence-corrected chi connectivity index (χ4v) is 2.59. The summed E-state index contributed by atoms with van der Waals surface area (Å²) in [6.07, 6.45) is -2.79. The molecule has 2 aromatic carbocycles. The first-order valence-electron chi connectivity index (χ1n) is 7.65. The lowest BCUT2D eigenvalue weighted by Gasteiger charge is -2.31. The van der Waals surface area contributed by atoms with E-state index in [1.165, 1.54) is 17.7 Å². The SMILES string of the molecule is C[C@@H](CCc1ccccc1)[C@@](C)(O)c1ccc(C(F)(F)F)cc1. The highest BCUT2D eigenvalue weighted by atomic mass is 19.4. The largest absolute Gasteiger partial charge is 0.416 e. The second-order valence-corrected chi connectivity index (χ2v) is 6.15. The van der Waals surface area contributed by atoms with Crippen LogP contribution in [0.5, 0.6) is 0 Å². The van der Waals surface area contributed by atoms with Crippen LogP contribution in [-0.2, 0) is 18.2 Å². The van der Waals surface area contributed by atoms with Crippen molar-refractivity contribution in [3.8, 4) is 0 Å². The summed E-state index contributed by atoms with van der Waals surface area (Å²) in [5.41, 5.74) is -0.179. The third-order valence-electron chi connectivity index (χ3n) is 4.47. The Morgan fingerprint density at radius 1 is 0.913 bits per heavy atom. The van der Waals surface area contributed by atoms with Gasteiger partial charge in [-0.3, -0.25) is 0 Å². The number of hydrogen-bond donors (Lipinski definition) is 1. The van der Waals surface area contributed by atoms with Crippen LogP contribution in [0, 0.1) is 5.92 Å². The Bertz CT molecular complexity index is 615. The Morgan fingerprint density at radius 3 is 1.96 bits per heavy atom. The maximum absolute atomic E-state index is 12.6. The molecule has 0 saturated heterocycles. The van der Waals surface area contributed by atoms with E-state index in [1.54, 1.807) is 6.92 Å². The summed E-state index contributed by atoms with van der Waals surface area (Å²) >= 11 is 0. The van der Waals surface area contributed by atoms with E-state index in [2.05, 4.69) is 0 Å². The summed E-state index contributed by atoms with van der Waals surface area (Å²) in [7, 11) is 0. The molecular weight excluding hydrogens is 301 g/mol. The number of aliphatic hydroxyl groups is 1. The predicted molar refractivity (Wildman–Crippen MR) is 84.9 cm³/mol. The monoisotopic (exact) mass is 322 g/mol. The summed E-state index contributed by atoms with van der Waals surface area (Å²) in [6, 6.07) is 14.7. The number of rotatable bonds is 5. The predicted octanol–water partition coefficient (Wildman–Crippen LogP) is 5.18. The van der Waals surface area contributed by atoms with Gasteiger partial charge in [-0.25, -0.2) is 0 Å². The number of aryl methyl sites for hydroxylation is 1. The Hall–Kier alpha value is -1.81. The molecule has 23 heavy (non-hydrogen) atoms. The smallest absolute Gasteiger partial charge is 0.385 e. The number of benzene rings is 2. The first kappa shape index (κ1) is 17.5. The molecule has 0 bridgehead atoms. The summed E-state index contributed by atoms with van der Waals surface area (Å²) in [6.45, 7) is 3.58. The summed E-state index contributed by atoms with van der Waals surface area (Å²) < 4.78 is 37.9. The van der Waals surface area contributed by atoms with Gasteiger partial charge in [0.25, 0.3) is 0 Å². The third kappa shape index (κ3) is 4.35. The normalized spacial score (nSPS) is 15.9. The fraction of sp³-hybridized carbons (Fsp3) is 0.368. The lowest BCUT2D eigenvalue weighted by molar-refractivity contribution is -0.137. The molecule has 0 fully saturated rings. The molecule has 0 aliphatic heterocycles. The Kier molecular flexibility index (Phi) is 5.15. The van der Waals surface area contributed by atoms with Crippen LogP contribution in [0.25, 0.3) is 0 Å². The van der Waals surface area contributed by atoms with Crippen LogP contribution < -0.4 is 0 Å². The zero-order valence-electron chi connectivity index (χ0n) is 13.3. The highest BCUT2D eigenvalue weighted by molar-refractivity contribution is 5.29. The average molecular weight is 322 g/mol.